The highest BCUT2D eigenvalue weighted by molar-refractivity contribution is 5.79. The van der Waals surface area contributed by atoms with E-state index in [1.54, 1.807) is 60.7 Å². The Kier molecular flexibility index (Phi) is 5.20. The van der Waals surface area contributed by atoms with E-state index < -0.39 is 18.1 Å². The highest BCUT2D eigenvalue weighted by Gasteiger charge is 2.40. The molecule has 0 saturated carbocycles. The summed E-state index contributed by atoms with van der Waals surface area (Å²) in [6, 6.07) is 15.1. The van der Waals surface area contributed by atoms with Gasteiger partial charge in [0.2, 0.25) is 5.91 Å². The molecule has 0 unspecified atom stereocenters. The van der Waals surface area contributed by atoms with Crippen LogP contribution >= 0.6 is 0 Å². The fourth-order valence-corrected chi connectivity index (χ4v) is 2.13. The molecule has 2 aromatic rings. The zero-order valence-corrected chi connectivity index (χ0v) is 11.8. The molecule has 0 aliphatic heterocycles. The molecule has 0 aliphatic carbocycles. The Labute approximate surface area is 127 Å². The molecule has 1 amide bonds. The molecule has 5 heteroatoms. The first kappa shape index (κ1) is 16.1. The van der Waals surface area contributed by atoms with E-state index in [0.29, 0.717) is 11.1 Å². The average Bonchev–Trinajstić information content (AvgIpc) is 2.48. The third-order valence-corrected chi connectivity index (χ3v) is 3.22. The fourth-order valence-electron chi connectivity index (χ4n) is 2.13. The van der Waals surface area contributed by atoms with Crippen LogP contribution in [0, 0.1) is 0 Å². The highest BCUT2D eigenvalue weighted by Crippen LogP contribution is 2.23. The minimum atomic E-state index is -4.48. The number of halogens is 3. The van der Waals surface area contributed by atoms with Crippen LogP contribution in [0.25, 0.3) is 0 Å². The van der Waals surface area contributed by atoms with Crippen molar-refractivity contribution in [2.24, 2.45) is 0 Å². The second-order valence-corrected chi connectivity index (χ2v) is 5.01. The van der Waals surface area contributed by atoms with Crippen LogP contribution in [0.2, 0.25) is 0 Å². The summed E-state index contributed by atoms with van der Waals surface area (Å²) < 4.78 is 39.3. The molecule has 1 atom stereocenters. The first-order valence-electron chi connectivity index (χ1n) is 6.89. The summed E-state index contributed by atoms with van der Waals surface area (Å²) in [7, 11) is 0. The van der Waals surface area contributed by atoms with Gasteiger partial charge in [-0.2, -0.15) is 13.2 Å². The fraction of sp³-hybridized carbons (Fsp3) is 0.235. The number of benzene rings is 2. The summed E-state index contributed by atoms with van der Waals surface area (Å²) in [5, 5.41) is 2.09. The van der Waals surface area contributed by atoms with Crippen molar-refractivity contribution in [2.45, 2.75) is 25.1 Å². The zero-order valence-electron chi connectivity index (χ0n) is 11.8. The number of carbonyl (C=O) groups excluding carboxylic acids is 1. The van der Waals surface area contributed by atoms with Crippen LogP contribution < -0.4 is 5.32 Å². The van der Waals surface area contributed by atoms with Crippen LogP contribution in [0.3, 0.4) is 0 Å². The van der Waals surface area contributed by atoms with Gasteiger partial charge in [0.05, 0.1) is 6.42 Å². The van der Waals surface area contributed by atoms with Gasteiger partial charge in [-0.25, -0.2) is 0 Å². The molecule has 0 fully saturated rings. The van der Waals surface area contributed by atoms with Gasteiger partial charge in [-0.05, 0) is 11.1 Å². The maximum atomic E-state index is 13.1. The molecule has 0 heterocycles. The van der Waals surface area contributed by atoms with E-state index in [4.69, 9.17) is 0 Å². The Balaban J connectivity index is 2.02. The van der Waals surface area contributed by atoms with Gasteiger partial charge in [0.1, 0.15) is 6.04 Å². The summed E-state index contributed by atoms with van der Waals surface area (Å²) in [6.07, 6.45) is -4.82. The number of carbonyl (C=O) groups is 1. The normalized spacial score (nSPS) is 12.7. The Morgan fingerprint density at radius 2 is 1.41 bits per heavy atom. The maximum Gasteiger partial charge on any atom is 0.408 e. The Morgan fingerprint density at radius 1 is 0.909 bits per heavy atom. The minimum Gasteiger partial charge on any atom is -0.344 e. The standard InChI is InChI=1S/C17H16F3NO/c18-17(19,20)15(11-13-7-3-1-4-8-13)21-16(22)12-14-9-5-2-6-10-14/h1-10,15H,11-12H2,(H,21,22)/t15-/m0/s1. The number of nitrogens with one attached hydrogen (secondary N) is 1. The summed E-state index contributed by atoms with van der Waals surface area (Å²) in [5.41, 5.74) is 1.21. The topological polar surface area (TPSA) is 29.1 Å². The molecule has 116 valence electrons. The van der Waals surface area contributed by atoms with E-state index in [1.165, 1.54) is 0 Å². The summed E-state index contributed by atoms with van der Waals surface area (Å²) in [6.45, 7) is 0. The van der Waals surface area contributed by atoms with Crippen LogP contribution in [0.5, 0.6) is 0 Å². The Hall–Kier alpha value is -2.30. The van der Waals surface area contributed by atoms with Crippen molar-refractivity contribution in [1.29, 1.82) is 0 Å². The number of hydrogen-bond donors (Lipinski definition) is 1. The summed E-state index contributed by atoms with van der Waals surface area (Å²) >= 11 is 0. The lowest BCUT2D eigenvalue weighted by atomic mass is 10.0. The molecule has 0 bridgehead atoms. The maximum absolute atomic E-state index is 13.1. The minimum absolute atomic E-state index is 0.0673. The number of amides is 1. The SMILES string of the molecule is O=C(Cc1ccccc1)N[C@@H](Cc1ccccc1)C(F)(F)F. The van der Waals surface area contributed by atoms with Crippen molar-refractivity contribution >= 4 is 5.91 Å². The molecule has 2 aromatic carbocycles. The predicted octanol–water partition coefficient (Wildman–Crippen LogP) is 3.52. The number of rotatable bonds is 5. The lowest BCUT2D eigenvalue weighted by Crippen LogP contribution is -2.47. The van der Waals surface area contributed by atoms with Gasteiger partial charge >= 0.3 is 6.18 Å². The molecule has 1 N–H and O–H groups in total. The smallest absolute Gasteiger partial charge is 0.344 e. The molecule has 0 saturated heterocycles. The molecule has 0 spiro atoms. The van der Waals surface area contributed by atoms with Gasteiger partial charge in [-0.3, -0.25) is 4.79 Å². The Morgan fingerprint density at radius 3 is 1.91 bits per heavy atom. The predicted molar refractivity (Wildman–Crippen MR) is 78.3 cm³/mol. The van der Waals surface area contributed by atoms with Gasteiger partial charge in [0.15, 0.2) is 0 Å². The second kappa shape index (κ2) is 7.11. The van der Waals surface area contributed by atoms with Crippen molar-refractivity contribution in [2.75, 3.05) is 0 Å². The van der Waals surface area contributed by atoms with Crippen molar-refractivity contribution in [1.82, 2.24) is 5.32 Å². The van der Waals surface area contributed by atoms with Gasteiger partial charge in [-0.1, -0.05) is 60.7 Å². The van der Waals surface area contributed by atoms with E-state index in [-0.39, 0.29) is 12.8 Å². The lowest BCUT2D eigenvalue weighted by Gasteiger charge is -2.22. The van der Waals surface area contributed by atoms with Crippen LogP contribution in [0.4, 0.5) is 13.2 Å². The molecular formula is C17H16F3NO. The molecule has 0 aromatic heterocycles. The van der Waals surface area contributed by atoms with Gasteiger partial charge in [-0.15, -0.1) is 0 Å². The molecular weight excluding hydrogens is 291 g/mol. The number of hydrogen-bond acceptors (Lipinski definition) is 1. The first-order valence-corrected chi connectivity index (χ1v) is 6.89. The summed E-state index contributed by atoms with van der Waals surface area (Å²) in [4.78, 5) is 11.8. The number of alkyl halides is 3. The quantitative estimate of drug-likeness (QED) is 0.900. The molecule has 2 rings (SSSR count). The van der Waals surface area contributed by atoms with Crippen LogP contribution in [-0.2, 0) is 17.6 Å². The van der Waals surface area contributed by atoms with Gasteiger partial charge in [0, 0.05) is 6.42 Å². The van der Waals surface area contributed by atoms with Crippen molar-refractivity contribution in [3.05, 3.63) is 71.8 Å². The third-order valence-electron chi connectivity index (χ3n) is 3.22. The van der Waals surface area contributed by atoms with Crippen molar-refractivity contribution in [3.8, 4) is 0 Å². The summed E-state index contributed by atoms with van der Waals surface area (Å²) in [5.74, 6) is -0.635. The van der Waals surface area contributed by atoms with Gasteiger partial charge < -0.3 is 5.32 Å². The van der Waals surface area contributed by atoms with Crippen molar-refractivity contribution < 1.29 is 18.0 Å². The average molecular weight is 307 g/mol. The van der Waals surface area contributed by atoms with Gasteiger partial charge in [0.25, 0.3) is 0 Å². The van der Waals surface area contributed by atoms with Crippen molar-refractivity contribution in [3.63, 3.8) is 0 Å². The monoisotopic (exact) mass is 307 g/mol. The molecule has 0 radical (unpaired) electrons. The second-order valence-electron chi connectivity index (χ2n) is 5.01. The zero-order chi connectivity index (χ0) is 16.0. The van der Waals surface area contributed by atoms with E-state index in [2.05, 4.69) is 5.32 Å². The lowest BCUT2D eigenvalue weighted by molar-refractivity contribution is -0.161. The van der Waals surface area contributed by atoms with Crippen LogP contribution in [0.15, 0.2) is 60.7 Å². The largest absolute Gasteiger partial charge is 0.408 e. The third kappa shape index (κ3) is 4.91. The molecule has 2 nitrogen and oxygen atoms in total. The van der Waals surface area contributed by atoms with E-state index >= 15 is 0 Å². The Bertz CT molecular complexity index is 596. The van der Waals surface area contributed by atoms with E-state index in [9.17, 15) is 18.0 Å². The molecule has 0 aliphatic rings. The first-order chi connectivity index (χ1) is 10.4. The van der Waals surface area contributed by atoms with Crippen LogP contribution in [0.1, 0.15) is 11.1 Å². The van der Waals surface area contributed by atoms with E-state index in [1.807, 2.05) is 0 Å². The highest BCUT2D eigenvalue weighted by atomic mass is 19.4. The van der Waals surface area contributed by atoms with Crippen LogP contribution in [-0.4, -0.2) is 18.1 Å². The van der Waals surface area contributed by atoms with E-state index in [0.717, 1.165) is 0 Å². The molecule has 22 heavy (non-hydrogen) atoms.